The minimum absolute atomic E-state index is 0.0424. The van der Waals surface area contributed by atoms with E-state index in [1.807, 2.05) is 30.1 Å². The molecule has 2 fully saturated rings. The fourth-order valence-electron chi connectivity index (χ4n) is 4.79. The van der Waals surface area contributed by atoms with Crippen molar-refractivity contribution < 1.29 is 8.42 Å². The highest BCUT2D eigenvalue weighted by Gasteiger charge is 2.37. The first-order valence-electron chi connectivity index (χ1n) is 11.0. The number of sulfonamides is 1. The number of nitrogens with zero attached hydrogens (tertiary/aromatic N) is 6. The first kappa shape index (κ1) is 21.1. The van der Waals surface area contributed by atoms with Crippen molar-refractivity contribution in [3.8, 4) is 5.69 Å². The molecule has 9 heteroatoms. The Morgan fingerprint density at radius 1 is 1.09 bits per heavy atom. The second-order valence-electron chi connectivity index (χ2n) is 8.75. The third kappa shape index (κ3) is 3.69. The molecular weight excluding hydrogens is 424 g/mol. The van der Waals surface area contributed by atoms with Crippen molar-refractivity contribution in [2.24, 2.45) is 4.99 Å². The molecule has 168 valence electrons. The van der Waals surface area contributed by atoms with Gasteiger partial charge in [-0.3, -0.25) is 4.99 Å². The molecule has 0 bridgehead atoms. The maximum atomic E-state index is 11.8. The van der Waals surface area contributed by atoms with Gasteiger partial charge in [-0.25, -0.2) is 18.1 Å². The third-order valence-corrected chi connectivity index (χ3v) is 8.08. The van der Waals surface area contributed by atoms with E-state index in [0.717, 1.165) is 35.2 Å². The summed E-state index contributed by atoms with van der Waals surface area (Å²) >= 11 is 0. The highest BCUT2D eigenvalue weighted by molar-refractivity contribution is 7.88. The van der Waals surface area contributed by atoms with E-state index in [0.29, 0.717) is 26.2 Å². The van der Waals surface area contributed by atoms with Gasteiger partial charge in [0.2, 0.25) is 10.0 Å². The van der Waals surface area contributed by atoms with Gasteiger partial charge < -0.3 is 4.90 Å². The van der Waals surface area contributed by atoms with Crippen LogP contribution in [0.2, 0.25) is 0 Å². The summed E-state index contributed by atoms with van der Waals surface area (Å²) in [5.41, 5.74) is 3.34. The van der Waals surface area contributed by atoms with Crippen molar-refractivity contribution in [3.63, 3.8) is 0 Å². The van der Waals surface area contributed by atoms with E-state index in [-0.39, 0.29) is 5.41 Å². The van der Waals surface area contributed by atoms with Gasteiger partial charge >= 0.3 is 0 Å². The number of rotatable bonds is 5. The lowest BCUT2D eigenvalue weighted by Gasteiger charge is -2.39. The van der Waals surface area contributed by atoms with E-state index in [4.69, 9.17) is 0 Å². The molecule has 2 aliphatic rings. The lowest BCUT2D eigenvalue weighted by molar-refractivity contribution is 0.348. The molecule has 5 rings (SSSR count). The number of benzene rings is 1. The zero-order valence-electron chi connectivity index (χ0n) is 18.5. The minimum Gasteiger partial charge on any atom is -0.354 e. The van der Waals surface area contributed by atoms with Gasteiger partial charge in [-0.1, -0.05) is 18.6 Å². The molecule has 32 heavy (non-hydrogen) atoms. The summed E-state index contributed by atoms with van der Waals surface area (Å²) in [6.45, 7) is 2.18. The van der Waals surface area contributed by atoms with E-state index >= 15 is 0 Å². The molecule has 8 nitrogen and oxygen atoms in total. The number of fused-ring (bicyclic) bond motifs is 1. The van der Waals surface area contributed by atoms with E-state index < -0.39 is 10.0 Å². The Morgan fingerprint density at radius 2 is 1.88 bits per heavy atom. The number of hydrogen-bond acceptors (Lipinski definition) is 6. The predicted octanol–water partition coefficient (Wildman–Crippen LogP) is 2.62. The fraction of sp³-hybridized carbons (Fsp3) is 0.435. The number of aromatic nitrogens is 3. The van der Waals surface area contributed by atoms with Gasteiger partial charge in [-0.05, 0) is 30.5 Å². The normalized spacial score (nSPS) is 19.5. The molecule has 1 aromatic carbocycles. The highest BCUT2D eigenvalue weighted by Crippen LogP contribution is 2.43. The van der Waals surface area contributed by atoms with Crippen molar-refractivity contribution in [1.29, 1.82) is 0 Å². The Kier molecular flexibility index (Phi) is 5.25. The Bertz CT molecular complexity index is 1270. The molecule has 0 spiro atoms. The van der Waals surface area contributed by atoms with Crippen molar-refractivity contribution >= 4 is 33.0 Å². The second-order valence-corrected chi connectivity index (χ2v) is 10.7. The van der Waals surface area contributed by atoms with Crippen LogP contribution in [0.4, 0.5) is 5.82 Å². The second kappa shape index (κ2) is 7.97. The van der Waals surface area contributed by atoms with Crippen LogP contribution in [0.5, 0.6) is 0 Å². The van der Waals surface area contributed by atoms with Gasteiger partial charge in [0, 0.05) is 62.5 Å². The van der Waals surface area contributed by atoms with Crippen molar-refractivity contribution in [2.45, 2.75) is 24.7 Å². The average Bonchev–Trinajstić information content (AvgIpc) is 3.19. The van der Waals surface area contributed by atoms with Gasteiger partial charge in [-0.2, -0.15) is 9.40 Å². The summed E-state index contributed by atoms with van der Waals surface area (Å²) < 4.78 is 27.1. The predicted molar refractivity (Wildman–Crippen MR) is 127 cm³/mol. The number of anilines is 1. The largest absolute Gasteiger partial charge is 0.354 e. The van der Waals surface area contributed by atoms with Crippen molar-refractivity contribution in [3.05, 3.63) is 48.3 Å². The van der Waals surface area contributed by atoms with E-state index in [2.05, 4.69) is 44.4 Å². The Labute approximate surface area is 188 Å². The SMILES string of the molecule is CN=CC1(c2ccc3cnn(-c4ccnc(N5CCN(S(C)(=O)=O)CC5)c4)c3c2)CCC1. The molecule has 2 aromatic heterocycles. The number of piperazine rings is 1. The molecule has 0 radical (unpaired) electrons. The van der Waals surface area contributed by atoms with Crippen LogP contribution < -0.4 is 4.90 Å². The van der Waals surface area contributed by atoms with Crippen LogP contribution in [0, 0.1) is 0 Å². The summed E-state index contributed by atoms with van der Waals surface area (Å²) in [5, 5.41) is 5.75. The molecule has 1 aliphatic heterocycles. The summed E-state index contributed by atoms with van der Waals surface area (Å²) in [5.74, 6) is 0.837. The molecule has 3 aromatic rings. The first-order chi connectivity index (χ1) is 15.4. The van der Waals surface area contributed by atoms with E-state index in [1.165, 1.54) is 22.5 Å². The molecule has 1 aliphatic carbocycles. The molecule has 0 atom stereocenters. The van der Waals surface area contributed by atoms with Gasteiger partial charge in [-0.15, -0.1) is 0 Å². The highest BCUT2D eigenvalue weighted by atomic mass is 32.2. The Morgan fingerprint density at radius 3 is 2.53 bits per heavy atom. The van der Waals surface area contributed by atoms with Crippen LogP contribution in [0.3, 0.4) is 0 Å². The lowest BCUT2D eigenvalue weighted by Crippen LogP contribution is -2.48. The summed E-state index contributed by atoms with van der Waals surface area (Å²) in [4.78, 5) is 11.0. The van der Waals surface area contributed by atoms with Crippen molar-refractivity contribution in [2.75, 3.05) is 44.4 Å². The average molecular weight is 453 g/mol. The van der Waals surface area contributed by atoms with Crippen molar-refractivity contribution in [1.82, 2.24) is 19.1 Å². The standard InChI is InChI=1S/C23H28N6O2S/c1-24-17-23(7-3-8-23)19-5-4-18-16-26-29(21(18)14-19)20-6-9-25-22(15-20)27-10-12-28(13-11-27)32(2,30)31/h4-6,9,14-17H,3,7-8,10-13H2,1-2H3. The van der Waals surface area contributed by atoms with Gasteiger partial charge in [0.1, 0.15) is 5.82 Å². The summed E-state index contributed by atoms with van der Waals surface area (Å²) in [7, 11) is -1.31. The van der Waals surface area contributed by atoms with Gasteiger partial charge in [0.15, 0.2) is 0 Å². The molecule has 1 saturated heterocycles. The monoisotopic (exact) mass is 452 g/mol. The third-order valence-electron chi connectivity index (χ3n) is 6.77. The zero-order chi connectivity index (χ0) is 22.3. The quantitative estimate of drug-likeness (QED) is 0.556. The van der Waals surface area contributed by atoms with Crippen LogP contribution in [0.1, 0.15) is 24.8 Å². The fourth-order valence-corrected chi connectivity index (χ4v) is 5.62. The maximum Gasteiger partial charge on any atom is 0.211 e. The van der Waals surface area contributed by atoms with Crippen LogP contribution in [0.15, 0.2) is 47.7 Å². The molecule has 0 N–H and O–H groups in total. The Hall–Kier alpha value is -2.78. The molecule has 3 heterocycles. The van der Waals surface area contributed by atoms with Crippen LogP contribution >= 0.6 is 0 Å². The molecular formula is C23H28N6O2S. The molecule has 0 unspecified atom stereocenters. The van der Waals surface area contributed by atoms with Crippen LogP contribution in [0.25, 0.3) is 16.6 Å². The smallest absolute Gasteiger partial charge is 0.211 e. The maximum absolute atomic E-state index is 11.8. The van der Waals surface area contributed by atoms with Crippen LogP contribution in [-0.2, 0) is 15.4 Å². The summed E-state index contributed by atoms with van der Waals surface area (Å²) in [6, 6.07) is 10.6. The Balaban J connectivity index is 1.46. The molecule has 1 saturated carbocycles. The number of hydrogen-bond donors (Lipinski definition) is 0. The van der Waals surface area contributed by atoms with Gasteiger partial charge in [0.05, 0.1) is 23.7 Å². The lowest BCUT2D eigenvalue weighted by atomic mass is 9.65. The van der Waals surface area contributed by atoms with Gasteiger partial charge in [0.25, 0.3) is 0 Å². The first-order valence-corrected chi connectivity index (χ1v) is 12.8. The van der Waals surface area contributed by atoms with E-state index in [1.54, 1.807) is 6.20 Å². The van der Waals surface area contributed by atoms with E-state index in [9.17, 15) is 8.42 Å². The minimum atomic E-state index is -3.15. The summed E-state index contributed by atoms with van der Waals surface area (Å²) in [6.07, 6.45) is 10.5. The topological polar surface area (TPSA) is 83.7 Å². The molecule has 0 amide bonds. The number of pyridine rings is 1. The number of aliphatic imine (C=N–C) groups is 1. The van der Waals surface area contributed by atoms with Crippen LogP contribution in [-0.4, -0.2) is 73.2 Å². The zero-order valence-corrected chi connectivity index (χ0v) is 19.3.